The van der Waals surface area contributed by atoms with Crippen molar-refractivity contribution in [2.75, 3.05) is 6.61 Å². The van der Waals surface area contributed by atoms with Gasteiger partial charge in [-0.15, -0.1) is 11.3 Å². The van der Waals surface area contributed by atoms with Crippen LogP contribution >= 0.6 is 11.3 Å². The molecule has 4 N–H and O–H groups in total. The molecule has 0 bridgehead atoms. The van der Waals surface area contributed by atoms with Gasteiger partial charge >= 0.3 is 0 Å². The molecule has 0 amide bonds. The molecular weight excluding hydrogens is 194 g/mol. The van der Waals surface area contributed by atoms with Crippen molar-refractivity contribution in [1.82, 2.24) is 4.98 Å². The van der Waals surface area contributed by atoms with Gasteiger partial charge in [-0.05, 0) is 0 Å². The lowest BCUT2D eigenvalue weighted by Crippen LogP contribution is -2.34. The normalized spacial score (nSPS) is 18.2. The topological polar surface area (TPSA) is 93.8 Å². The second-order valence-corrected chi connectivity index (χ2v) is 3.48. The molecule has 74 valence electrons. The molecule has 6 heteroatoms. The number of hydrogen-bond acceptors (Lipinski definition) is 6. The number of aliphatic hydroxyl groups excluding tert-OH is 4. The van der Waals surface area contributed by atoms with E-state index in [9.17, 15) is 10.2 Å². The zero-order chi connectivity index (χ0) is 9.84. The first kappa shape index (κ1) is 10.6. The fourth-order valence-electron chi connectivity index (χ4n) is 0.845. The van der Waals surface area contributed by atoms with Gasteiger partial charge in [0.1, 0.15) is 23.3 Å². The maximum atomic E-state index is 9.41. The number of aliphatic hydroxyl groups is 4. The quantitative estimate of drug-likeness (QED) is 0.500. The molecule has 0 aliphatic heterocycles. The predicted octanol–water partition coefficient (Wildman–Crippen LogP) is -1.11. The van der Waals surface area contributed by atoms with Crippen LogP contribution in [-0.2, 0) is 0 Å². The van der Waals surface area contributed by atoms with E-state index in [2.05, 4.69) is 4.98 Å². The Balaban J connectivity index is 2.62. The van der Waals surface area contributed by atoms with Gasteiger partial charge in [0.05, 0.1) is 6.61 Å². The summed E-state index contributed by atoms with van der Waals surface area (Å²) >= 11 is 1.17. The third kappa shape index (κ3) is 2.45. The lowest BCUT2D eigenvalue weighted by atomic mass is 10.1. The van der Waals surface area contributed by atoms with E-state index in [0.717, 1.165) is 0 Å². The van der Waals surface area contributed by atoms with E-state index in [4.69, 9.17) is 10.2 Å². The summed E-state index contributed by atoms with van der Waals surface area (Å²) in [6.45, 7) is -0.594. The molecule has 0 aliphatic carbocycles. The highest BCUT2D eigenvalue weighted by molar-refractivity contribution is 7.09. The van der Waals surface area contributed by atoms with E-state index >= 15 is 0 Å². The number of rotatable bonds is 4. The Morgan fingerprint density at radius 2 is 2.08 bits per heavy atom. The van der Waals surface area contributed by atoms with E-state index in [1.807, 2.05) is 0 Å². The zero-order valence-electron chi connectivity index (χ0n) is 6.74. The van der Waals surface area contributed by atoms with Gasteiger partial charge in [-0.2, -0.15) is 0 Å². The first-order valence-corrected chi connectivity index (χ1v) is 4.59. The number of hydrogen-bond donors (Lipinski definition) is 4. The summed E-state index contributed by atoms with van der Waals surface area (Å²) in [5.74, 6) is 0. The van der Waals surface area contributed by atoms with E-state index in [0.29, 0.717) is 5.01 Å². The summed E-state index contributed by atoms with van der Waals surface area (Å²) in [6, 6.07) is 0. The van der Waals surface area contributed by atoms with E-state index in [1.54, 1.807) is 5.38 Å². The average Bonchev–Trinajstić information content (AvgIpc) is 2.67. The lowest BCUT2D eigenvalue weighted by Gasteiger charge is -2.19. The minimum atomic E-state index is -1.41. The number of thiazole rings is 1. The monoisotopic (exact) mass is 205 g/mol. The van der Waals surface area contributed by atoms with Crippen LogP contribution in [0.25, 0.3) is 0 Å². The van der Waals surface area contributed by atoms with Crippen molar-refractivity contribution < 1.29 is 20.4 Å². The third-order valence-corrected chi connectivity index (χ3v) is 2.46. The molecule has 0 radical (unpaired) electrons. The van der Waals surface area contributed by atoms with Crippen LogP contribution in [0.5, 0.6) is 0 Å². The van der Waals surface area contributed by atoms with Gasteiger partial charge in [0.2, 0.25) is 0 Å². The third-order valence-electron chi connectivity index (χ3n) is 1.61. The van der Waals surface area contributed by atoms with Gasteiger partial charge in [0.25, 0.3) is 0 Å². The molecule has 0 saturated carbocycles. The number of nitrogens with zero attached hydrogens (tertiary/aromatic N) is 1. The largest absolute Gasteiger partial charge is 0.394 e. The molecule has 3 unspecified atom stereocenters. The highest BCUT2D eigenvalue weighted by atomic mass is 32.1. The minimum Gasteiger partial charge on any atom is -0.394 e. The first-order chi connectivity index (χ1) is 6.16. The molecule has 1 rings (SSSR count). The number of aromatic nitrogens is 1. The SMILES string of the molecule is OCC(O)C(O)C(O)c1nccs1. The van der Waals surface area contributed by atoms with Crippen LogP contribution in [0.15, 0.2) is 11.6 Å². The second kappa shape index (κ2) is 4.64. The van der Waals surface area contributed by atoms with Gasteiger partial charge in [-0.25, -0.2) is 4.98 Å². The molecule has 3 atom stereocenters. The highest BCUT2D eigenvalue weighted by Gasteiger charge is 2.26. The Hall–Kier alpha value is -0.530. The van der Waals surface area contributed by atoms with Crippen molar-refractivity contribution in [1.29, 1.82) is 0 Å². The Morgan fingerprint density at radius 3 is 2.54 bits per heavy atom. The summed E-state index contributed by atoms with van der Waals surface area (Å²) in [5, 5.41) is 38.2. The van der Waals surface area contributed by atoms with Gasteiger partial charge in [0.15, 0.2) is 0 Å². The predicted molar refractivity (Wildman–Crippen MR) is 46.2 cm³/mol. The van der Waals surface area contributed by atoms with E-state index < -0.39 is 24.9 Å². The highest BCUT2D eigenvalue weighted by Crippen LogP contribution is 2.20. The molecule has 1 heterocycles. The lowest BCUT2D eigenvalue weighted by molar-refractivity contribution is -0.0777. The fraction of sp³-hybridized carbons (Fsp3) is 0.571. The van der Waals surface area contributed by atoms with Gasteiger partial charge < -0.3 is 20.4 Å². The Kier molecular flexibility index (Phi) is 3.76. The van der Waals surface area contributed by atoms with E-state index in [1.165, 1.54) is 17.5 Å². The van der Waals surface area contributed by atoms with Crippen LogP contribution < -0.4 is 0 Å². The van der Waals surface area contributed by atoms with Crippen molar-refractivity contribution in [3.05, 3.63) is 16.6 Å². The maximum Gasteiger partial charge on any atom is 0.134 e. The first-order valence-electron chi connectivity index (χ1n) is 3.71. The Labute approximate surface area is 78.9 Å². The second-order valence-electron chi connectivity index (χ2n) is 2.56. The molecule has 1 aromatic heterocycles. The molecule has 1 aromatic rings. The smallest absolute Gasteiger partial charge is 0.134 e. The summed E-state index contributed by atoms with van der Waals surface area (Å²) in [4.78, 5) is 3.77. The van der Waals surface area contributed by atoms with Crippen LogP contribution in [-0.4, -0.2) is 44.2 Å². The summed E-state index contributed by atoms with van der Waals surface area (Å²) in [7, 11) is 0. The summed E-state index contributed by atoms with van der Waals surface area (Å²) < 4.78 is 0. The van der Waals surface area contributed by atoms with Crippen molar-refractivity contribution >= 4 is 11.3 Å². The minimum absolute atomic E-state index is 0.319. The van der Waals surface area contributed by atoms with Crippen LogP contribution in [0.2, 0.25) is 0 Å². The van der Waals surface area contributed by atoms with Gasteiger partial charge in [-0.3, -0.25) is 0 Å². The van der Waals surface area contributed by atoms with Crippen molar-refractivity contribution in [3.63, 3.8) is 0 Å². The average molecular weight is 205 g/mol. The Morgan fingerprint density at radius 1 is 1.38 bits per heavy atom. The molecule has 13 heavy (non-hydrogen) atoms. The van der Waals surface area contributed by atoms with Gasteiger partial charge in [0, 0.05) is 11.6 Å². The molecule has 0 spiro atoms. The van der Waals surface area contributed by atoms with Crippen molar-refractivity contribution in [2.45, 2.75) is 18.3 Å². The molecular formula is C7H11NO4S. The Bertz CT molecular complexity index is 241. The van der Waals surface area contributed by atoms with Crippen LogP contribution in [0, 0.1) is 0 Å². The van der Waals surface area contributed by atoms with Crippen LogP contribution in [0.3, 0.4) is 0 Å². The summed E-state index contributed by atoms with van der Waals surface area (Å²) in [6.07, 6.45) is -2.52. The van der Waals surface area contributed by atoms with Crippen molar-refractivity contribution in [3.8, 4) is 0 Å². The molecule has 0 fully saturated rings. The zero-order valence-corrected chi connectivity index (χ0v) is 7.55. The molecule has 5 nitrogen and oxygen atoms in total. The molecule has 0 aromatic carbocycles. The maximum absolute atomic E-state index is 9.41. The van der Waals surface area contributed by atoms with E-state index in [-0.39, 0.29) is 0 Å². The van der Waals surface area contributed by atoms with Crippen LogP contribution in [0.4, 0.5) is 0 Å². The van der Waals surface area contributed by atoms with Crippen LogP contribution in [0.1, 0.15) is 11.1 Å². The standard InChI is InChI=1S/C7H11NO4S/c9-3-4(10)5(11)6(12)7-8-1-2-13-7/h1-2,4-6,9-12H,3H2. The van der Waals surface area contributed by atoms with Gasteiger partial charge in [-0.1, -0.05) is 0 Å². The fourth-order valence-corrected chi connectivity index (χ4v) is 1.51. The summed E-state index contributed by atoms with van der Waals surface area (Å²) in [5.41, 5.74) is 0. The molecule has 0 saturated heterocycles. The van der Waals surface area contributed by atoms with Crippen molar-refractivity contribution in [2.24, 2.45) is 0 Å². The molecule has 0 aliphatic rings.